The number of ketones is 1. The molecule has 3 heteroatoms. The Balaban J connectivity index is 2.01. The largest absolute Gasteiger partial charge is 0.327 e. The van der Waals surface area contributed by atoms with E-state index in [0.717, 1.165) is 34.9 Å². The van der Waals surface area contributed by atoms with E-state index in [-0.39, 0.29) is 11.8 Å². The molecule has 0 bridgehead atoms. The fraction of sp³-hybridized carbons (Fsp3) is 0.267. The number of carbonyl (C=O) groups is 1. The van der Waals surface area contributed by atoms with E-state index >= 15 is 0 Å². The van der Waals surface area contributed by atoms with Crippen LogP contribution in [0.2, 0.25) is 0 Å². The zero-order valence-electron chi connectivity index (χ0n) is 10.1. The second-order valence-corrected chi connectivity index (χ2v) is 5.43. The summed E-state index contributed by atoms with van der Waals surface area (Å²) in [5, 5.41) is 0. The van der Waals surface area contributed by atoms with E-state index in [4.69, 9.17) is 5.73 Å². The van der Waals surface area contributed by atoms with Crippen LogP contribution in [-0.2, 0) is 4.79 Å². The first-order chi connectivity index (χ1) is 8.65. The SMILES string of the molecule is NC1CC=C(C(=O)/C=C/c2ccc(Br)cc2)CC1. The topological polar surface area (TPSA) is 43.1 Å². The maximum absolute atomic E-state index is 11.9. The van der Waals surface area contributed by atoms with E-state index < -0.39 is 0 Å². The lowest BCUT2D eigenvalue weighted by Crippen LogP contribution is -2.23. The monoisotopic (exact) mass is 305 g/mol. The standard InChI is InChI=1S/C15H16BrNO/c16-13-6-1-11(2-7-13)3-10-15(18)12-4-8-14(17)9-5-12/h1-4,6-7,10,14H,5,8-9,17H2/b10-3+. The Kier molecular flexibility index (Phi) is 4.50. The number of hydrogen-bond donors (Lipinski definition) is 1. The van der Waals surface area contributed by atoms with Crippen LogP contribution < -0.4 is 5.73 Å². The summed E-state index contributed by atoms with van der Waals surface area (Å²) in [5.74, 6) is 0.102. The van der Waals surface area contributed by atoms with E-state index in [2.05, 4.69) is 15.9 Å². The molecule has 1 aromatic rings. The number of halogens is 1. The van der Waals surface area contributed by atoms with Gasteiger partial charge in [-0.2, -0.15) is 0 Å². The fourth-order valence-electron chi connectivity index (χ4n) is 1.93. The first-order valence-corrected chi connectivity index (χ1v) is 6.87. The van der Waals surface area contributed by atoms with Crippen molar-refractivity contribution in [3.63, 3.8) is 0 Å². The van der Waals surface area contributed by atoms with Gasteiger partial charge in [0.2, 0.25) is 0 Å². The summed E-state index contributed by atoms with van der Waals surface area (Å²) < 4.78 is 1.04. The van der Waals surface area contributed by atoms with Crippen LogP contribution in [0.15, 0.2) is 46.5 Å². The summed E-state index contributed by atoms with van der Waals surface area (Å²) in [6.45, 7) is 0. The van der Waals surface area contributed by atoms with Gasteiger partial charge in [-0.1, -0.05) is 40.2 Å². The second kappa shape index (κ2) is 6.12. The molecular weight excluding hydrogens is 290 g/mol. The molecule has 0 aromatic heterocycles. The molecule has 0 saturated heterocycles. The maximum atomic E-state index is 11.9. The predicted octanol–water partition coefficient (Wildman–Crippen LogP) is 3.47. The molecule has 1 aromatic carbocycles. The molecule has 18 heavy (non-hydrogen) atoms. The number of carbonyl (C=O) groups excluding carboxylic acids is 1. The first kappa shape index (κ1) is 13.2. The fourth-order valence-corrected chi connectivity index (χ4v) is 2.20. The van der Waals surface area contributed by atoms with Gasteiger partial charge in [-0.25, -0.2) is 0 Å². The lowest BCUT2D eigenvalue weighted by Gasteiger charge is -2.16. The lowest BCUT2D eigenvalue weighted by molar-refractivity contribution is -0.111. The molecular formula is C15H16BrNO. The van der Waals surface area contributed by atoms with Crippen molar-refractivity contribution in [2.24, 2.45) is 5.73 Å². The van der Waals surface area contributed by atoms with Gasteiger partial charge in [0, 0.05) is 10.5 Å². The summed E-state index contributed by atoms with van der Waals surface area (Å²) in [7, 11) is 0. The quantitative estimate of drug-likeness (QED) is 0.869. The van der Waals surface area contributed by atoms with E-state index in [1.54, 1.807) is 6.08 Å². The van der Waals surface area contributed by atoms with Crippen molar-refractivity contribution in [3.05, 3.63) is 52.0 Å². The number of allylic oxidation sites excluding steroid dienone is 2. The third-order valence-corrected chi connectivity index (χ3v) is 3.59. The van der Waals surface area contributed by atoms with Gasteiger partial charge in [-0.3, -0.25) is 4.79 Å². The summed E-state index contributed by atoms with van der Waals surface area (Å²) in [6.07, 6.45) is 7.99. The van der Waals surface area contributed by atoms with Gasteiger partial charge in [0.1, 0.15) is 0 Å². The Labute approximate surface area is 116 Å². The highest BCUT2D eigenvalue weighted by Crippen LogP contribution is 2.18. The molecule has 2 nitrogen and oxygen atoms in total. The van der Waals surface area contributed by atoms with Crippen LogP contribution >= 0.6 is 15.9 Å². The third-order valence-electron chi connectivity index (χ3n) is 3.07. The molecule has 0 radical (unpaired) electrons. The molecule has 0 aliphatic heterocycles. The summed E-state index contributed by atoms with van der Waals surface area (Å²) in [4.78, 5) is 11.9. The average molecular weight is 306 g/mol. The Morgan fingerprint density at radius 2 is 2.06 bits per heavy atom. The zero-order valence-corrected chi connectivity index (χ0v) is 11.7. The molecule has 94 valence electrons. The molecule has 1 atom stereocenters. The van der Waals surface area contributed by atoms with Gasteiger partial charge in [-0.05, 0) is 48.6 Å². The average Bonchev–Trinajstić information content (AvgIpc) is 2.38. The van der Waals surface area contributed by atoms with E-state index in [9.17, 15) is 4.79 Å². The van der Waals surface area contributed by atoms with E-state index in [1.165, 1.54) is 0 Å². The van der Waals surface area contributed by atoms with E-state index in [0.29, 0.717) is 0 Å². The lowest BCUT2D eigenvalue weighted by atomic mass is 9.93. The van der Waals surface area contributed by atoms with Crippen molar-refractivity contribution < 1.29 is 4.79 Å². The Bertz CT molecular complexity index is 488. The molecule has 1 aliphatic rings. The second-order valence-electron chi connectivity index (χ2n) is 4.51. The maximum Gasteiger partial charge on any atom is 0.181 e. The number of benzene rings is 1. The molecule has 0 heterocycles. The summed E-state index contributed by atoms with van der Waals surface area (Å²) in [5.41, 5.74) is 7.72. The molecule has 2 rings (SSSR count). The number of nitrogens with two attached hydrogens (primary N) is 1. The summed E-state index contributed by atoms with van der Waals surface area (Å²) >= 11 is 3.38. The van der Waals surface area contributed by atoms with Crippen LogP contribution in [0.25, 0.3) is 6.08 Å². The predicted molar refractivity (Wildman–Crippen MR) is 78.1 cm³/mol. The normalized spacial score (nSPS) is 19.9. The van der Waals surface area contributed by atoms with Crippen molar-refractivity contribution in [2.75, 3.05) is 0 Å². The van der Waals surface area contributed by atoms with Crippen LogP contribution in [0.3, 0.4) is 0 Å². The highest BCUT2D eigenvalue weighted by molar-refractivity contribution is 9.10. The van der Waals surface area contributed by atoms with Crippen LogP contribution in [0.1, 0.15) is 24.8 Å². The van der Waals surface area contributed by atoms with Crippen LogP contribution in [0, 0.1) is 0 Å². The Morgan fingerprint density at radius 3 is 2.67 bits per heavy atom. The minimum absolute atomic E-state index is 0.102. The van der Waals surface area contributed by atoms with Crippen molar-refractivity contribution >= 4 is 27.8 Å². The van der Waals surface area contributed by atoms with Gasteiger partial charge < -0.3 is 5.73 Å². The van der Waals surface area contributed by atoms with Crippen molar-refractivity contribution in [1.29, 1.82) is 0 Å². The zero-order chi connectivity index (χ0) is 13.0. The van der Waals surface area contributed by atoms with Crippen molar-refractivity contribution in [1.82, 2.24) is 0 Å². The third kappa shape index (κ3) is 3.65. The molecule has 0 saturated carbocycles. The summed E-state index contributed by atoms with van der Waals surface area (Å²) in [6, 6.07) is 8.08. The number of rotatable bonds is 3. The molecule has 0 spiro atoms. The van der Waals surface area contributed by atoms with Gasteiger partial charge in [0.15, 0.2) is 5.78 Å². The molecule has 0 amide bonds. The van der Waals surface area contributed by atoms with Gasteiger partial charge in [-0.15, -0.1) is 0 Å². The van der Waals surface area contributed by atoms with Crippen molar-refractivity contribution in [3.8, 4) is 0 Å². The minimum Gasteiger partial charge on any atom is -0.327 e. The highest BCUT2D eigenvalue weighted by atomic mass is 79.9. The Morgan fingerprint density at radius 1 is 1.33 bits per heavy atom. The minimum atomic E-state index is 0.102. The smallest absolute Gasteiger partial charge is 0.181 e. The van der Waals surface area contributed by atoms with Gasteiger partial charge in [0.05, 0.1) is 0 Å². The molecule has 0 fully saturated rings. The van der Waals surface area contributed by atoms with Crippen LogP contribution in [-0.4, -0.2) is 11.8 Å². The number of hydrogen-bond acceptors (Lipinski definition) is 2. The first-order valence-electron chi connectivity index (χ1n) is 6.08. The molecule has 2 N–H and O–H groups in total. The molecule has 1 aliphatic carbocycles. The van der Waals surface area contributed by atoms with Crippen LogP contribution in [0.4, 0.5) is 0 Å². The van der Waals surface area contributed by atoms with Crippen molar-refractivity contribution in [2.45, 2.75) is 25.3 Å². The van der Waals surface area contributed by atoms with E-state index in [1.807, 2.05) is 36.4 Å². The van der Waals surface area contributed by atoms with Gasteiger partial charge >= 0.3 is 0 Å². The highest BCUT2D eigenvalue weighted by Gasteiger charge is 2.13. The van der Waals surface area contributed by atoms with Gasteiger partial charge in [0.25, 0.3) is 0 Å². The molecule has 1 unspecified atom stereocenters. The Hall–Kier alpha value is -1.19. The van der Waals surface area contributed by atoms with Crippen LogP contribution in [0.5, 0.6) is 0 Å².